The van der Waals surface area contributed by atoms with Crippen LogP contribution in [0.2, 0.25) is 0 Å². The summed E-state index contributed by atoms with van der Waals surface area (Å²) in [4.78, 5) is 15.0. The molecule has 2 aromatic rings. The highest BCUT2D eigenvalue weighted by Crippen LogP contribution is 2.26. The number of aryl methyl sites for hydroxylation is 1. The van der Waals surface area contributed by atoms with Crippen LogP contribution < -0.4 is 4.90 Å². The van der Waals surface area contributed by atoms with Crippen molar-refractivity contribution in [2.45, 2.75) is 12.8 Å². The molecule has 2 heterocycles. The lowest BCUT2D eigenvalue weighted by Gasteiger charge is -2.28. The number of fused-ring (bicyclic) bond motifs is 1. The van der Waals surface area contributed by atoms with Crippen molar-refractivity contribution in [3.05, 3.63) is 42.2 Å². The van der Waals surface area contributed by atoms with Gasteiger partial charge in [0.25, 0.3) is 0 Å². The van der Waals surface area contributed by atoms with Crippen LogP contribution in [0, 0.1) is 0 Å². The van der Waals surface area contributed by atoms with Crippen molar-refractivity contribution in [3.63, 3.8) is 0 Å². The van der Waals surface area contributed by atoms with Gasteiger partial charge in [0.1, 0.15) is 0 Å². The second-order valence-electron chi connectivity index (χ2n) is 3.99. The van der Waals surface area contributed by atoms with Crippen LogP contribution in [0.3, 0.4) is 0 Å². The van der Waals surface area contributed by atoms with Gasteiger partial charge in [-0.3, -0.25) is 4.90 Å². The molecule has 0 bridgehead atoms. The van der Waals surface area contributed by atoms with E-state index in [1.54, 1.807) is 4.90 Å². The average Bonchev–Trinajstić information content (AvgIpc) is 2.91. The number of rotatable bonds is 0. The molecule has 3 rings (SSSR count). The quantitative estimate of drug-likeness (QED) is 0.689. The first-order chi connectivity index (χ1) is 8.36. The van der Waals surface area contributed by atoms with E-state index in [2.05, 4.69) is 16.3 Å². The summed E-state index contributed by atoms with van der Waals surface area (Å²) in [6.07, 6.45) is 5.01. The summed E-state index contributed by atoms with van der Waals surface area (Å²) in [6.45, 7) is 0.720. The number of carbonyl (C=O) groups is 1. The Morgan fingerprint density at radius 1 is 1.18 bits per heavy atom. The zero-order valence-electron chi connectivity index (χ0n) is 9.28. The Morgan fingerprint density at radius 2 is 1.94 bits per heavy atom. The van der Waals surface area contributed by atoms with Crippen molar-refractivity contribution < 1.29 is 4.79 Å². The fraction of sp³-hybridized carbons (Fsp3) is 0.250. The molecule has 0 unspecified atom stereocenters. The van der Waals surface area contributed by atoms with Gasteiger partial charge >= 0.3 is 6.03 Å². The van der Waals surface area contributed by atoms with Crippen molar-refractivity contribution in [2.24, 2.45) is 0 Å². The van der Waals surface area contributed by atoms with Crippen molar-refractivity contribution in [1.29, 1.82) is 0 Å². The van der Waals surface area contributed by atoms with Gasteiger partial charge in [-0.25, -0.2) is 4.79 Å². The summed E-state index contributed by atoms with van der Waals surface area (Å²) in [7, 11) is 0. The maximum atomic E-state index is 12.2. The fourth-order valence-corrected chi connectivity index (χ4v) is 2.15. The molecule has 1 aromatic heterocycles. The second kappa shape index (κ2) is 4.01. The van der Waals surface area contributed by atoms with Gasteiger partial charge in [0.05, 0.1) is 12.4 Å². The number of carbonyl (C=O) groups excluding carboxylic acids is 1. The van der Waals surface area contributed by atoms with Gasteiger partial charge in [-0.05, 0) is 24.5 Å². The van der Waals surface area contributed by atoms with Gasteiger partial charge in [-0.1, -0.05) is 23.0 Å². The molecule has 1 aromatic carbocycles. The molecule has 5 nitrogen and oxygen atoms in total. The number of hydrogen-bond donors (Lipinski definition) is 0. The van der Waals surface area contributed by atoms with E-state index in [1.165, 1.54) is 18.0 Å². The first-order valence-corrected chi connectivity index (χ1v) is 5.62. The molecule has 5 heteroatoms. The predicted octanol–water partition coefficient (Wildman–Crippen LogP) is 1.70. The molecule has 0 fully saturated rings. The van der Waals surface area contributed by atoms with E-state index in [9.17, 15) is 4.79 Å². The monoisotopic (exact) mass is 228 g/mol. The molecule has 0 saturated carbocycles. The van der Waals surface area contributed by atoms with Crippen LogP contribution in [0.5, 0.6) is 0 Å². The molecule has 1 aliphatic rings. The summed E-state index contributed by atoms with van der Waals surface area (Å²) in [5.41, 5.74) is 2.18. The lowest BCUT2D eigenvalue weighted by molar-refractivity contribution is 0.241. The second-order valence-corrected chi connectivity index (χ2v) is 3.99. The van der Waals surface area contributed by atoms with Crippen molar-refractivity contribution >= 4 is 11.7 Å². The highest BCUT2D eigenvalue weighted by molar-refractivity contribution is 5.93. The van der Waals surface area contributed by atoms with Crippen molar-refractivity contribution in [1.82, 2.24) is 15.0 Å². The van der Waals surface area contributed by atoms with E-state index in [-0.39, 0.29) is 6.03 Å². The Hall–Kier alpha value is -2.17. The normalized spacial score (nSPS) is 14.5. The van der Waals surface area contributed by atoms with Crippen LogP contribution in [0.4, 0.5) is 10.5 Å². The maximum Gasteiger partial charge on any atom is 0.366 e. The molecule has 86 valence electrons. The summed E-state index contributed by atoms with van der Waals surface area (Å²) in [5.74, 6) is 0. The molecular formula is C12H12N4O. The van der Waals surface area contributed by atoms with Crippen LogP contribution in [0.1, 0.15) is 12.0 Å². The molecule has 0 N–H and O–H groups in total. The van der Waals surface area contributed by atoms with Crippen LogP contribution in [0.25, 0.3) is 0 Å². The highest BCUT2D eigenvalue weighted by atomic mass is 16.2. The molecule has 1 aliphatic heterocycles. The van der Waals surface area contributed by atoms with Crippen molar-refractivity contribution in [2.75, 3.05) is 11.4 Å². The van der Waals surface area contributed by atoms with Gasteiger partial charge in [0, 0.05) is 12.2 Å². The summed E-state index contributed by atoms with van der Waals surface area (Å²) in [6, 6.07) is 7.78. The molecule has 0 saturated heterocycles. The summed E-state index contributed by atoms with van der Waals surface area (Å²) in [5, 5.41) is 7.76. The van der Waals surface area contributed by atoms with Gasteiger partial charge in [0.2, 0.25) is 0 Å². The molecule has 0 spiro atoms. The average molecular weight is 228 g/mol. The minimum atomic E-state index is -0.192. The van der Waals surface area contributed by atoms with Gasteiger partial charge in [-0.2, -0.15) is 10.2 Å². The Balaban J connectivity index is 1.98. The van der Waals surface area contributed by atoms with Crippen molar-refractivity contribution in [3.8, 4) is 0 Å². The molecule has 0 radical (unpaired) electrons. The third-order valence-electron chi connectivity index (χ3n) is 2.93. The summed E-state index contributed by atoms with van der Waals surface area (Å²) < 4.78 is 0. The van der Waals surface area contributed by atoms with E-state index in [1.807, 2.05) is 18.2 Å². The minimum Gasteiger partial charge on any atom is -0.291 e. The third kappa shape index (κ3) is 1.69. The third-order valence-corrected chi connectivity index (χ3v) is 2.93. The van der Waals surface area contributed by atoms with Crippen LogP contribution >= 0.6 is 0 Å². The predicted molar refractivity (Wildman–Crippen MR) is 62.9 cm³/mol. The lowest BCUT2D eigenvalue weighted by atomic mass is 10.0. The van der Waals surface area contributed by atoms with Gasteiger partial charge < -0.3 is 0 Å². The van der Waals surface area contributed by atoms with E-state index in [0.29, 0.717) is 0 Å². The Kier molecular flexibility index (Phi) is 2.36. The van der Waals surface area contributed by atoms with Crippen LogP contribution in [-0.2, 0) is 6.42 Å². The largest absolute Gasteiger partial charge is 0.366 e. The van der Waals surface area contributed by atoms with Gasteiger partial charge in [0.15, 0.2) is 0 Å². The number of aromatic nitrogens is 3. The summed E-state index contributed by atoms with van der Waals surface area (Å²) >= 11 is 0. The van der Waals surface area contributed by atoms with Crippen LogP contribution in [-0.4, -0.2) is 27.6 Å². The van der Waals surface area contributed by atoms with Gasteiger partial charge in [-0.15, -0.1) is 0 Å². The number of anilines is 1. The zero-order chi connectivity index (χ0) is 11.7. The standard InChI is InChI=1S/C12H12N4O/c17-12(16-13-7-8-14-16)15-9-3-5-10-4-1-2-6-11(10)15/h1-2,4,6-8H,3,5,9H2. The maximum absolute atomic E-state index is 12.2. The lowest BCUT2D eigenvalue weighted by Crippen LogP contribution is -2.39. The number of nitrogens with zero attached hydrogens (tertiary/aromatic N) is 4. The fourth-order valence-electron chi connectivity index (χ4n) is 2.15. The SMILES string of the molecule is O=C(N1CCCc2ccccc21)n1nccn1. The van der Waals surface area contributed by atoms with E-state index >= 15 is 0 Å². The first-order valence-electron chi connectivity index (χ1n) is 5.62. The molecular weight excluding hydrogens is 216 g/mol. The number of hydrogen-bond acceptors (Lipinski definition) is 3. The highest BCUT2D eigenvalue weighted by Gasteiger charge is 2.23. The topological polar surface area (TPSA) is 51.0 Å². The Labute approximate surface area is 98.7 Å². The molecule has 1 amide bonds. The van der Waals surface area contributed by atoms with E-state index in [0.717, 1.165) is 29.9 Å². The number of benzene rings is 1. The zero-order valence-corrected chi connectivity index (χ0v) is 9.28. The van der Waals surface area contributed by atoms with E-state index in [4.69, 9.17) is 0 Å². The van der Waals surface area contributed by atoms with E-state index < -0.39 is 0 Å². The molecule has 17 heavy (non-hydrogen) atoms. The number of para-hydroxylation sites is 1. The smallest absolute Gasteiger partial charge is 0.291 e. The Morgan fingerprint density at radius 3 is 2.76 bits per heavy atom. The molecule has 0 aliphatic carbocycles. The number of amides is 1. The first kappa shape index (κ1) is 10.0. The Bertz CT molecular complexity index is 535. The van der Waals surface area contributed by atoms with Crippen LogP contribution in [0.15, 0.2) is 36.7 Å². The minimum absolute atomic E-state index is 0.192. The molecule has 0 atom stereocenters.